The molecule has 0 aliphatic carbocycles. The molecule has 0 amide bonds. The van der Waals surface area contributed by atoms with Gasteiger partial charge in [0.05, 0.1) is 13.2 Å². The number of furan rings is 1. The second-order valence-electron chi connectivity index (χ2n) is 6.13. The highest BCUT2D eigenvalue weighted by Gasteiger charge is 2.22. The molecule has 24 heavy (non-hydrogen) atoms. The first-order valence-corrected chi connectivity index (χ1v) is 8.25. The van der Waals surface area contributed by atoms with Gasteiger partial charge in [0.1, 0.15) is 6.10 Å². The molecule has 4 rings (SSSR count). The summed E-state index contributed by atoms with van der Waals surface area (Å²) in [6.07, 6.45) is 2.02. The van der Waals surface area contributed by atoms with Crippen molar-refractivity contribution in [2.75, 3.05) is 13.2 Å². The standard InChI is InChI=1S/C19H18F2O3/c1-2-3-11-4-5-13-14-6-7-15(23-12-8-9-22-10-12)17(21)19(14)24-18(13)16(11)20/h4-7,12H,2-3,8-10H2,1H3. The average Bonchev–Trinajstić information content (AvgIpc) is 3.21. The summed E-state index contributed by atoms with van der Waals surface area (Å²) in [6, 6.07) is 6.82. The van der Waals surface area contributed by atoms with Crippen LogP contribution in [0.5, 0.6) is 5.75 Å². The van der Waals surface area contributed by atoms with E-state index in [1.165, 1.54) is 0 Å². The number of hydrogen-bond donors (Lipinski definition) is 0. The van der Waals surface area contributed by atoms with E-state index in [1.54, 1.807) is 24.3 Å². The van der Waals surface area contributed by atoms with E-state index in [9.17, 15) is 8.78 Å². The highest BCUT2D eigenvalue weighted by Crippen LogP contribution is 2.36. The second kappa shape index (κ2) is 6.06. The van der Waals surface area contributed by atoms with E-state index in [4.69, 9.17) is 13.9 Å². The Bertz CT molecular complexity index is 895. The molecule has 1 unspecified atom stereocenters. The van der Waals surface area contributed by atoms with Gasteiger partial charge in [0.15, 0.2) is 22.7 Å². The summed E-state index contributed by atoms with van der Waals surface area (Å²) in [6.45, 7) is 3.05. The normalized spacial score (nSPS) is 17.9. The third kappa shape index (κ3) is 2.44. The van der Waals surface area contributed by atoms with Crippen LogP contribution in [0.3, 0.4) is 0 Å². The molecular weight excluding hydrogens is 314 g/mol. The molecule has 2 aromatic carbocycles. The number of fused-ring (bicyclic) bond motifs is 3. The summed E-state index contributed by atoms with van der Waals surface area (Å²) in [5.41, 5.74) is 0.731. The Morgan fingerprint density at radius 2 is 1.83 bits per heavy atom. The lowest BCUT2D eigenvalue weighted by atomic mass is 10.1. The lowest BCUT2D eigenvalue weighted by molar-refractivity contribution is 0.138. The smallest absolute Gasteiger partial charge is 0.208 e. The molecule has 1 aliphatic heterocycles. The first-order valence-electron chi connectivity index (χ1n) is 8.25. The molecule has 126 valence electrons. The topological polar surface area (TPSA) is 31.6 Å². The van der Waals surface area contributed by atoms with Crippen LogP contribution in [0.25, 0.3) is 21.9 Å². The molecule has 1 saturated heterocycles. The van der Waals surface area contributed by atoms with Gasteiger partial charge in [-0.25, -0.2) is 4.39 Å². The minimum Gasteiger partial charge on any atom is -0.485 e. The van der Waals surface area contributed by atoms with Gasteiger partial charge in [-0.1, -0.05) is 19.4 Å². The fraction of sp³-hybridized carbons (Fsp3) is 0.368. The van der Waals surface area contributed by atoms with Crippen LogP contribution in [0.1, 0.15) is 25.3 Å². The van der Waals surface area contributed by atoms with E-state index in [0.717, 1.165) is 12.8 Å². The van der Waals surface area contributed by atoms with E-state index >= 15 is 0 Å². The Morgan fingerprint density at radius 3 is 2.54 bits per heavy atom. The number of ether oxygens (including phenoxy) is 2. The van der Waals surface area contributed by atoms with Gasteiger partial charge in [-0.2, -0.15) is 4.39 Å². The van der Waals surface area contributed by atoms with Gasteiger partial charge in [-0.15, -0.1) is 0 Å². The van der Waals surface area contributed by atoms with E-state index in [-0.39, 0.29) is 23.0 Å². The molecule has 2 heterocycles. The highest BCUT2D eigenvalue weighted by molar-refractivity contribution is 6.05. The van der Waals surface area contributed by atoms with Crippen molar-refractivity contribution in [1.29, 1.82) is 0 Å². The highest BCUT2D eigenvalue weighted by atomic mass is 19.1. The monoisotopic (exact) mass is 332 g/mol. The summed E-state index contributed by atoms with van der Waals surface area (Å²) in [7, 11) is 0. The zero-order valence-electron chi connectivity index (χ0n) is 13.4. The molecule has 1 aromatic heterocycles. The quantitative estimate of drug-likeness (QED) is 0.675. The Balaban J connectivity index is 1.82. The summed E-state index contributed by atoms with van der Waals surface area (Å²) in [5.74, 6) is -0.880. The predicted octanol–water partition coefficient (Wildman–Crippen LogP) is 4.98. The summed E-state index contributed by atoms with van der Waals surface area (Å²) >= 11 is 0. The van der Waals surface area contributed by atoms with Crippen LogP contribution in [0, 0.1) is 11.6 Å². The maximum Gasteiger partial charge on any atom is 0.208 e. The van der Waals surface area contributed by atoms with E-state index < -0.39 is 11.6 Å². The molecule has 0 spiro atoms. The Kier molecular flexibility index (Phi) is 3.88. The first-order chi connectivity index (χ1) is 11.7. The van der Waals surface area contributed by atoms with Gasteiger partial charge in [0.25, 0.3) is 0 Å². The lowest BCUT2D eigenvalue weighted by Gasteiger charge is -2.12. The molecule has 5 heteroatoms. The zero-order chi connectivity index (χ0) is 16.7. The van der Waals surface area contributed by atoms with Crippen molar-refractivity contribution in [3.8, 4) is 5.75 Å². The largest absolute Gasteiger partial charge is 0.485 e. The minimum atomic E-state index is -0.591. The summed E-state index contributed by atoms with van der Waals surface area (Å²) < 4.78 is 45.8. The fourth-order valence-corrected chi connectivity index (χ4v) is 3.20. The van der Waals surface area contributed by atoms with Crippen LogP contribution in [0.4, 0.5) is 8.78 Å². The van der Waals surface area contributed by atoms with Crippen molar-refractivity contribution in [1.82, 2.24) is 0 Å². The van der Waals surface area contributed by atoms with Crippen LogP contribution < -0.4 is 4.74 Å². The van der Waals surface area contributed by atoms with Crippen molar-refractivity contribution >= 4 is 21.9 Å². The number of hydrogen-bond acceptors (Lipinski definition) is 3. The third-order valence-corrected chi connectivity index (χ3v) is 4.43. The van der Waals surface area contributed by atoms with Gasteiger partial charge in [0, 0.05) is 17.2 Å². The number of aryl methyl sites for hydroxylation is 1. The maximum absolute atomic E-state index is 14.8. The van der Waals surface area contributed by atoms with Crippen molar-refractivity contribution in [3.63, 3.8) is 0 Å². The lowest BCUT2D eigenvalue weighted by Crippen LogP contribution is -2.16. The molecule has 1 atom stereocenters. The molecule has 3 aromatic rings. The SMILES string of the molecule is CCCc1ccc2c(oc3c(F)c(OC4CCOC4)ccc32)c1F. The predicted molar refractivity (Wildman–Crippen MR) is 87.5 cm³/mol. The Morgan fingerprint density at radius 1 is 1.08 bits per heavy atom. The first kappa shape index (κ1) is 15.4. The Hall–Kier alpha value is -2.14. The van der Waals surface area contributed by atoms with Crippen molar-refractivity contribution in [2.24, 2.45) is 0 Å². The zero-order valence-corrected chi connectivity index (χ0v) is 13.4. The number of rotatable bonds is 4. The van der Waals surface area contributed by atoms with E-state index in [1.807, 2.05) is 6.92 Å². The fourth-order valence-electron chi connectivity index (χ4n) is 3.20. The van der Waals surface area contributed by atoms with Crippen LogP contribution in [0.15, 0.2) is 28.7 Å². The van der Waals surface area contributed by atoms with Crippen LogP contribution in [-0.4, -0.2) is 19.3 Å². The molecule has 1 fully saturated rings. The minimum absolute atomic E-state index is 0.0361. The molecule has 0 bridgehead atoms. The third-order valence-electron chi connectivity index (χ3n) is 4.43. The summed E-state index contributed by atoms with van der Waals surface area (Å²) in [5, 5.41) is 1.14. The van der Waals surface area contributed by atoms with Gasteiger partial charge in [-0.05, 0) is 30.2 Å². The molecule has 0 radical (unpaired) electrons. The van der Waals surface area contributed by atoms with Gasteiger partial charge >= 0.3 is 0 Å². The molecular formula is C19H18F2O3. The Labute approximate surface area is 138 Å². The summed E-state index contributed by atoms with van der Waals surface area (Å²) in [4.78, 5) is 0. The van der Waals surface area contributed by atoms with Crippen molar-refractivity contribution in [3.05, 3.63) is 41.5 Å². The average molecular weight is 332 g/mol. The van der Waals surface area contributed by atoms with Crippen molar-refractivity contribution in [2.45, 2.75) is 32.3 Å². The van der Waals surface area contributed by atoms with Gasteiger partial charge in [0.2, 0.25) is 5.82 Å². The van der Waals surface area contributed by atoms with Crippen LogP contribution in [0.2, 0.25) is 0 Å². The van der Waals surface area contributed by atoms with E-state index in [0.29, 0.717) is 36.0 Å². The van der Waals surface area contributed by atoms with Crippen molar-refractivity contribution < 1.29 is 22.7 Å². The number of halogens is 2. The molecule has 0 saturated carbocycles. The number of benzene rings is 2. The maximum atomic E-state index is 14.8. The van der Waals surface area contributed by atoms with E-state index in [2.05, 4.69) is 0 Å². The van der Waals surface area contributed by atoms with Crippen LogP contribution in [-0.2, 0) is 11.2 Å². The van der Waals surface area contributed by atoms with Gasteiger partial charge < -0.3 is 13.9 Å². The van der Waals surface area contributed by atoms with Crippen LogP contribution >= 0.6 is 0 Å². The second-order valence-corrected chi connectivity index (χ2v) is 6.13. The van der Waals surface area contributed by atoms with Gasteiger partial charge in [-0.3, -0.25) is 0 Å². The molecule has 1 aliphatic rings. The molecule has 3 nitrogen and oxygen atoms in total. The molecule has 0 N–H and O–H groups in total.